The second kappa shape index (κ2) is 6.91. The second-order valence-electron chi connectivity index (χ2n) is 5.73. The Balaban J connectivity index is 2.05. The Bertz CT molecular complexity index is 653. The van der Waals surface area contributed by atoms with Gasteiger partial charge in [0.1, 0.15) is 0 Å². The number of para-hydroxylation sites is 1. The van der Waals surface area contributed by atoms with Crippen LogP contribution in [0.25, 0.3) is 5.69 Å². The summed E-state index contributed by atoms with van der Waals surface area (Å²) in [5, 5.41) is 15.4. The van der Waals surface area contributed by atoms with E-state index in [1.54, 1.807) is 4.68 Å². The van der Waals surface area contributed by atoms with E-state index in [-0.39, 0.29) is 17.2 Å². The minimum atomic E-state index is -0.195. The van der Waals surface area contributed by atoms with E-state index in [1.165, 1.54) is 11.8 Å². The number of rotatable bonds is 6. The van der Waals surface area contributed by atoms with Crippen LogP contribution in [0.2, 0.25) is 0 Å². The molecule has 0 aliphatic carbocycles. The monoisotopic (exact) mass is 319 g/mol. The van der Waals surface area contributed by atoms with Crippen LogP contribution >= 0.6 is 11.8 Å². The smallest absolute Gasteiger partial charge is 0.230 e. The van der Waals surface area contributed by atoms with Gasteiger partial charge in [0.2, 0.25) is 11.1 Å². The lowest BCUT2D eigenvalue weighted by Crippen LogP contribution is -2.43. The highest BCUT2D eigenvalue weighted by Gasteiger charge is 2.19. The van der Waals surface area contributed by atoms with Crippen molar-refractivity contribution in [2.45, 2.75) is 44.8 Å². The van der Waals surface area contributed by atoms with E-state index in [2.05, 4.69) is 20.8 Å². The molecule has 2 aromatic rings. The van der Waals surface area contributed by atoms with Gasteiger partial charge in [0.25, 0.3) is 0 Å². The SMILES string of the molecule is CCC(C)(C)NC(=O)CSc1nnnn1-c1ccccc1C. The number of nitrogens with one attached hydrogen (secondary N) is 1. The van der Waals surface area contributed by atoms with Gasteiger partial charge in [-0.05, 0) is 49.2 Å². The normalized spacial score (nSPS) is 11.5. The van der Waals surface area contributed by atoms with Crippen LogP contribution in [0, 0.1) is 6.92 Å². The van der Waals surface area contributed by atoms with Crippen molar-refractivity contribution in [2.24, 2.45) is 0 Å². The van der Waals surface area contributed by atoms with Gasteiger partial charge in [0, 0.05) is 5.54 Å². The minimum Gasteiger partial charge on any atom is -0.351 e. The summed E-state index contributed by atoms with van der Waals surface area (Å²) in [5.74, 6) is 0.270. The predicted octanol–water partition coefficient (Wildman–Crippen LogP) is 2.37. The number of tetrazole rings is 1. The predicted molar refractivity (Wildman–Crippen MR) is 87.1 cm³/mol. The van der Waals surface area contributed by atoms with Gasteiger partial charge < -0.3 is 5.32 Å². The molecule has 0 bridgehead atoms. The maximum atomic E-state index is 12.0. The van der Waals surface area contributed by atoms with Crippen LogP contribution in [0.1, 0.15) is 32.8 Å². The molecule has 1 aromatic carbocycles. The molecule has 22 heavy (non-hydrogen) atoms. The summed E-state index contributed by atoms with van der Waals surface area (Å²) in [7, 11) is 0. The molecule has 0 spiro atoms. The first kappa shape index (κ1) is 16.5. The van der Waals surface area contributed by atoms with E-state index in [0.29, 0.717) is 5.16 Å². The van der Waals surface area contributed by atoms with Crippen LogP contribution in [0.15, 0.2) is 29.4 Å². The number of amides is 1. The first-order valence-corrected chi connectivity index (χ1v) is 8.19. The molecule has 1 amide bonds. The van der Waals surface area contributed by atoms with E-state index in [4.69, 9.17) is 0 Å². The Morgan fingerprint density at radius 1 is 1.36 bits per heavy atom. The van der Waals surface area contributed by atoms with E-state index in [1.807, 2.05) is 52.0 Å². The zero-order chi connectivity index (χ0) is 16.2. The topological polar surface area (TPSA) is 72.7 Å². The number of carbonyl (C=O) groups is 1. The van der Waals surface area contributed by atoms with Gasteiger partial charge in [0.05, 0.1) is 11.4 Å². The third-order valence-electron chi connectivity index (χ3n) is 3.48. The largest absolute Gasteiger partial charge is 0.351 e. The van der Waals surface area contributed by atoms with Crippen molar-refractivity contribution in [1.82, 2.24) is 25.5 Å². The van der Waals surface area contributed by atoms with Crippen molar-refractivity contribution in [3.8, 4) is 5.69 Å². The first-order valence-electron chi connectivity index (χ1n) is 7.21. The maximum Gasteiger partial charge on any atom is 0.230 e. The van der Waals surface area contributed by atoms with Crippen molar-refractivity contribution >= 4 is 17.7 Å². The van der Waals surface area contributed by atoms with E-state index in [0.717, 1.165) is 17.7 Å². The lowest BCUT2D eigenvalue weighted by Gasteiger charge is -2.24. The summed E-state index contributed by atoms with van der Waals surface area (Å²) in [6.45, 7) is 8.06. The number of aromatic nitrogens is 4. The number of hydrogen-bond donors (Lipinski definition) is 1. The van der Waals surface area contributed by atoms with Gasteiger partial charge in [-0.25, -0.2) is 0 Å². The molecule has 6 nitrogen and oxygen atoms in total. The molecule has 0 unspecified atom stereocenters. The van der Waals surface area contributed by atoms with Crippen LogP contribution in [-0.4, -0.2) is 37.4 Å². The third kappa shape index (κ3) is 4.07. The van der Waals surface area contributed by atoms with Gasteiger partial charge in [-0.3, -0.25) is 4.79 Å². The average Bonchev–Trinajstić information content (AvgIpc) is 2.93. The number of thioether (sulfide) groups is 1. The van der Waals surface area contributed by atoms with E-state index < -0.39 is 0 Å². The quantitative estimate of drug-likeness (QED) is 0.828. The van der Waals surface area contributed by atoms with Gasteiger partial charge in [0.15, 0.2) is 0 Å². The van der Waals surface area contributed by atoms with Crippen molar-refractivity contribution in [2.75, 3.05) is 5.75 Å². The molecular formula is C15H21N5OS. The van der Waals surface area contributed by atoms with Crippen molar-refractivity contribution in [3.63, 3.8) is 0 Å². The van der Waals surface area contributed by atoms with Crippen LogP contribution in [-0.2, 0) is 4.79 Å². The molecule has 0 atom stereocenters. The average molecular weight is 319 g/mol. The molecule has 0 aliphatic heterocycles. The molecule has 0 fully saturated rings. The fourth-order valence-corrected chi connectivity index (χ4v) is 2.54. The fraction of sp³-hybridized carbons (Fsp3) is 0.467. The molecular weight excluding hydrogens is 298 g/mol. The highest BCUT2D eigenvalue weighted by molar-refractivity contribution is 7.99. The molecule has 1 heterocycles. The van der Waals surface area contributed by atoms with Gasteiger partial charge in [-0.15, -0.1) is 5.10 Å². The number of carbonyl (C=O) groups excluding carboxylic acids is 1. The molecule has 7 heteroatoms. The molecule has 0 aliphatic rings. The summed E-state index contributed by atoms with van der Waals surface area (Å²) >= 11 is 1.33. The van der Waals surface area contributed by atoms with Crippen LogP contribution in [0.5, 0.6) is 0 Å². The van der Waals surface area contributed by atoms with Crippen LogP contribution in [0.3, 0.4) is 0 Å². The second-order valence-corrected chi connectivity index (χ2v) is 6.68. The van der Waals surface area contributed by atoms with Gasteiger partial charge >= 0.3 is 0 Å². The Labute approximate surface area is 134 Å². The standard InChI is InChI=1S/C15H21N5OS/c1-5-15(3,4)16-13(21)10-22-14-17-18-19-20(14)12-9-7-6-8-11(12)2/h6-9H,5,10H2,1-4H3,(H,16,21). The third-order valence-corrected chi connectivity index (χ3v) is 4.40. The molecule has 2 rings (SSSR count). The number of nitrogens with zero attached hydrogens (tertiary/aromatic N) is 4. The van der Waals surface area contributed by atoms with Crippen LogP contribution < -0.4 is 5.32 Å². The van der Waals surface area contributed by atoms with Crippen molar-refractivity contribution in [3.05, 3.63) is 29.8 Å². The zero-order valence-electron chi connectivity index (χ0n) is 13.3. The van der Waals surface area contributed by atoms with Gasteiger partial charge in [-0.1, -0.05) is 36.9 Å². The molecule has 0 saturated carbocycles. The molecule has 0 saturated heterocycles. The summed E-state index contributed by atoms with van der Waals surface area (Å²) in [6, 6.07) is 7.86. The summed E-state index contributed by atoms with van der Waals surface area (Å²) in [4.78, 5) is 12.0. The Morgan fingerprint density at radius 3 is 2.77 bits per heavy atom. The molecule has 118 valence electrons. The van der Waals surface area contributed by atoms with Crippen molar-refractivity contribution < 1.29 is 4.79 Å². The lowest BCUT2D eigenvalue weighted by molar-refractivity contribution is -0.120. The van der Waals surface area contributed by atoms with Gasteiger partial charge in [-0.2, -0.15) is 4.68 Å². The number of hydrogen-bond acceptors (Lipinski definition) is 5. The Morgan fingerprint density at radius 2 is 2.09 bits per heavy atom. The highest BCUT2D eigenvalue weighted by Crippen LogP contribution is 2.20. The maximum absolute atomic E-state index is 12.0. The van der Waals surface area contributed by atoms with Crippen molar-refractivity contribution in [1.29, 1.82) is 0 Å². The Kier molecular flexibility index (Phi) is 5.18. The molecule has 1 N–H and O–H groups in total. The molecule has 0 radical (unpaired) electrons. The van der Waals surface area contributed by atoms with E-state index in [9.17, 15) is 4.79 Å². The Hall–Kier alpha value is -1.89. The number of aryl methyl sites for hydroxylation is 1. The number of benzene rings is 1. The summed E-state index contributed by atoms with van der Waals surface area (Å²) in [6.07, 6.45) is 0.879. The lowest BCUT2D eigenvalue weighted by atomic mass is 10.0. The van der Waals surface area contributed by atoms with E-state index >= 15 is 0 Å². The summed E-state index contributed by atoms with van der Waals surface area (Å²) < 4.78 is 1.66. The fourth-order valence-electron chi connectivity index (χ4n) is 1.85. The summed E-state index contributed by atoms with van der Waals surface area (Å²) in [5.41, 5.74) is 1.80. The first-order chi connectivity index (χ1) is 10.4. The molecule has 1 aromatic heterocycles. The van der Waals surface area contributed by atoms with Crippen LogP contribution in [0.4, 0.5) is 0 Å². The minimum absolute atomic E-state index is 0.0174. The zero-order valence-corrected chi connectivity index (χ0v) is 14.1. The highest BCUT2D eigenvalue weighted by atomic mass is 32.2.